The van der Waals surface area contributed by atoms with Crippen LogP contribution in [0, 0.1) is 1190 Å². The third kappa shape index (κ3) is 85.0. The van der Waals surface area contributed by atoms with E-state index in [2.05, 4.69) is 28.4 Å². The van der Waals surface area contributed by atoms with Crippen molar-refractivity contribution < 1.29 is 1410 Å². The molecule has 0 aliphatic carbocycles. The molecule has 0 aromatic carbocycles. The molecule has 0 aromatic rings. The van der Waals surface area contributed by atoms with Gasteiger partial charge in [-0.25, -0.2) is 28.8 Å². The molecule has 0 bridgehead atoms. The molecular formula is C65H118Ac27O45. The molecule has 0 spiro atoms. The van der Waals surface area contributed by atoms with Gasteiger partial charge in [-0.3, -0.25) is 0 Å². The molecule has 33 atom stereocenters. The number of aliphatic hydroxyl groups excluding tert-OH is 27. The molecule has 72 heteroatoms. The van der Waals surface area contributed by atoms with Crippen LogP contribution in [0.15, 0.2) is 0 Å². The van der Waals surface area contributed by atoms with Gasteiger partial charge >= 0.3 is 35.8 Å². The second-order valence-electron chi connectivity index (χ2n) is 28.2. The smallest absolute Gasteiger partial charge is 0.337 e. The Balaban J connectivity index is -0.0000000408. The maximum Gasteiger partial charge on any atom is 0.337 e. The number of hydrogen-bond donors (Lipinski definition) is 27. The summed E-state index contributed by atoms with van der Waals surface area (Å²) in [5.74, 6) is -4.33. The third-order valence-corrected chi connectivity index (χ3v) is 18.9. The quantitative estimate of drug-likeness (QED) is 0.0334. The molecule has 729 valence electrons. The molecule has 6 heterocycles. The fourth-order valence-corrected chi connectivity index (χ4v) is 12.5. The van der Waals surface area contributed by atoms with Crippen molar-refractivity contribution in [2.75, 3.05) is 82.3 Å². The summed E-state index contributed by atoms with van der Waals surface area (Å²) in [7, 11) is 7.00. The van der Waals surface area contributed by atoms with Gasteiger partial charge < -0.3 is 195 Å². The molecule has 27 N–H and O–H groups in total. The predicted octanol–water partition coefficient (Wildman–Crippen LogP) is -14.4. The number of aliphatic hydroxyl groups is 27. The standard InChI is InChI=1S/3C11H20O8.2C11H20O7.C10H18O7.27Ac/c3*1-11(10(17)18-2)3-5(13)7(15)9(19-11)8(16)6(14)4-12;2*1-11(10(16)17-2)4-6(13)3-8(18-11)9(15)7(14)5-12;1-10(9(15)16-2)3-5(12)7(14)8(17-10)6(13)4-11;;;;;;;;;;;;;;;;;;;;;;;;;;;/h3*5-9,12-16H,3-4H2,1-2H3;2*6-9,12-15H,3-5H2,1-2H3;5-8,11-14H,3-4H2,1-2H3;;;;;;;;;;;;;;;;;;;;;;;;;;;. The Hall–Kier alpha value is 34.4. The first-order valence-electron chi connectivity index (χ1n) is 34.3. The molecule has 0 saturated carbocycles. The first-order valence-corrected chi connectivity index (χ1v) is 34.3. The van der Waals surface area contributed by atoms with Gasteiger partial charge in [0.15, 0.2) is 33.6 Å². The summed E-state index contributed by atoms with van der Waals surface area (Å²) in [5.41, 5.74) is -8.83. The summed E-state index contributed by atoms with van der Waals surface area (Å²) in [6.07, 6.45) is -37.3. The van der Waals surface area contributed by atoms with E-state index in [4.69, 9.17) is 59.1 Å². The van der Waals surface area contributed by atoms with Crippen LogP contribution in [0.3, 0.4) is 0 Å². The zero-order valence-corrected chi connectivity index (χ0v) is 207. The van der Waals surface area contributed by atoms with E-state index in [9.17, 15) is 136 Å². The second-order valence-corrected chi connectivity index (χ2v) is 28.2. The van der Waals surface area contributed by atoms with E-state index in [1.54, 1.807) is 0 Å². The molecule has 6 rings (SSSR count). The Bertz CT molecular complexity index is 2660. The van der Waals surface area contributed by atoms with E-state index in [0.717, 1.165) is 21.3 Å². The first-order chi connectivity index (χ1) is 50.8. The Morgan fingerprint density at radius 1 is 0.241 bits per heavy atom. The van der Waals surface area contributed by atoms with E-state index in [1.807, 2.05) is 0 Å². The Morgan fingerprint density at radius 3 is 0.540 bits per heavy atom. The molecular weight excluding hydrogens is 7630 g/mol. The average molecular weight is 7750 g/mol. The van der Waals surface area contributed by atoms with Crippen LogP contribution < -0.4 is 0 Å². The molecule has 6 saturated heterocycles. The normalized spacial score (nSPS) is 30.4. The van der Waals surface area contributed by atoms with Crippen molar-refractivity contribution in [3.63, 3.8) is 0 Å². The number of carbonyl (C=O) groups excluding carboxylic acids is 6. The molecule has 27 radical (unpaired) electrons. The largest absolute Gasteiger partial charge is 0.467 e. The summed E-state index contributed by atoms with van der Waals surface area (Å²) < 4.78 is 59.3. The zero-order valence-electron chi connectivity index (χ0n) is 78.5. The Morgan fingerprint density at radius 2 is 0.387 bits per heavy atom. The van der Waals surface area contributed by atoms with Crippen molar-refractivity contribution in [1.82, 2.24) is 0 Å². The van der Waals surface area contributed by atoms with Gasteiger partial charge in [0.05, 0.1) is 131 Å². The average Bonchev–Trinajstić information content (AvgIpc) is 0.788. The molecule has 33 unspecified atom stereocenters. The van der Waals surface area contributed by atoms with Crippen LogP contribution in [-0.2, 0) is 85.6 Å². The minimum atomic E-state index is -1.65. The maximum atomic E-state index is 11.6. The summed E-state index contributed by atoms with van der Waals surface area (Å²) in [6, 6.07) is 0. The summed E-state index contributed by atoms with van der Waals surface area (Å²) in [6.45, 7) is 4.17. The zero-order chi connectivity index (χ0) is 85.4. The van der Waals surface area contributed by atoms with Crippen molar-refractivity contribution in [2.45, 2.75) is 291 Å². The van der Waals surface area contributed by atoms with Crippen LogP contribution in [0.1, 0.15) is 92.9 Å². The molecule has 45 nitrogen and oxygen atoms in total. The number of methoxy groups -OCH3 is 6. The van der Waals surface area contributed by atoms with Crippen molar-refractivity contribution in [3.8, 4) is 0 Å². The van der Waals surface area contributed by atoms with Crippen molar-refractivity contribution in [3.05, 3.63) is 0 Å². The fourth-order valence-electron chi connectivity index (χ4n) is 12.5. The number of esters is 6. The van der Waals surface area contributed by atoms with Gasteiger partial charge in [-0.1, -0.05) is 0 Å². The Kier molecular flexibility index (Phi) is 223. The van der Waals surface area contributed by atoms with Gasteiger partial charge in [0.25, 0.3) is 0 Å². The summed E-state index contributed by atoms with van der Waals surface area (Å²) >= 11 is 0. The molecule has 6 aliphatic heterocycles. The van der Waals surface area contributed by atoms with Crippen LogP contribution >= 0.6 is 0 Å². The SMILES string of the molecule is COC(=O)C1(C)CC(O)C(O)C(C(O)C(O)CO)O1.COC(=O)C1(C)CC(O)C(O)C(C(O)C(O)CO)O1.COC(=O)C1(C)CC(O)C(O)C(C(O)C(O)CO)O1.COC(=O)C1(C)CC(O)C(O)C(C(O)CO)O1.COC(=O)C1(C)CC(O)CC(C(O)C(O)CO)O1.COC(=O)C1(C)CC(O)CC(C(O)C(O)CO)O1.[Ac].[Ac].[Ac].[Ac].[Ac].[Ac].[Ac].[Ac].[Ac].[Ac].[Ac].[Ac].[Ac].[Ac].[Ac].[Ac].[Ac].[Ac].[Ac].[Ac].[Ac].[Ac].[Ac].[Ac].[Ac].[Ac].[Ac]. The maximum absolute atomic E-state index is 11.6. The summed E-state index contributed by atoms with van der Waals surface area (Å²) in [4.78, 5) is 69.5. The van der Waals surface area contributed by atoms with Gasteiger partial charge in [-0.15, -0.1) is 0 Å². The van der Waals surface area contributed by atoms with E-state index in [-0.39, 0.29) is 1240 Å². The monoisotopic (exact) mass is 7750 g/mol. The topological polar surface area (TPSA) is 759 Å². The van der Waals surface area contributed by atoms with Crippen LogP contribution in [0.25, 0.3) is 0 Å². The van der Waals surface area contributed by atoms with E-state index >= 15 is 0 Å². The van der Waals surface area contributed by atoms with Crippen molar-refractivity contribution >= 4 is 35.8 Å². The predicted molar refractivity (Wildman–Crippen MR) is 357 cm³/mol. The number of carbonyl (C=O) groups is 6. The van der Waals surface area contributed by atoms with Gasteiger partial charge in [0.2, 0.25) is 0 Å². The van der Waals surface area contributed by atoms with Gasteiger partial charge in [-0.2, -0.15) is 0 Å². The number of rotatable bonds is 23. The number of hydrogen-bond acceptors (Lipinski definition) is 45. The number of ether oxygens (including phenoxy) is 12. The molecule has 137 heavy (non-hydrogen) atoms. The van der Waals surface area contributed by atoms with Crippen molar-refractivity contribution in [2.24, 2.45) is 0 Å². The van der Waals surface area contributed by atoms with Crippen LogP contribution in [0.2, 0.25) is 0 Å². The molecule has 6 aliphatic rings. The van der Waals surface area contributed by atoms with E-state index in [0.29, 0.717) is 0 Å². The second kappa shape index (κ2) is 128. The first kappa shape index (κ1) is 239. The minimum Gasteiger partial charge on any atom is -0.467 e. The van der Waals surface area contributed by atoms with Crippen LogP contribution in [0.4, 0.5) is 0 Å². The van der Waals surface area contributed by atoms with E-state index in [1.165, 1.54) is 62.9 Å². The molecule has 0 aromatic heterocycles. The van der Waals surface area contributed by atoms with Crippen LogP contribution in [-0.4, -0.2) is 454 Å². The molecule has 6 fully saturated rings. The van der Waals surface area contributed by atoms with Gasteiger partial charge in [0.1, 0.15) is 116 Å². The third-order valence-electron chi connectivity index (χ3n) is 18.9. The van der Waals surface area contributed by atoms with Crippen LogP contribution in [0.5, 0.6) is 0 Å². The molecule has 0 amide bonds. The Labute approximate surface area is 1770 Å². The minimum absolute atomic E-state index is 0. The van der Waals surface area contributed by atoms with E-state index < -0.39 is 274 Å². The van der Waals surface area contributed by atoms with Gasteiger partial charge in [-0.05, 0) is 41.5 Å². The fraction of sp³-hybridized carbons (Fsp3) is 0.908. The van der Waals surface area contributed by atoms with Crippen molar-refractivity contribution in [1.29, 1.82) is 0 Å². The summed E-state index contributed by atoms with van der Waals surface area (Å²) in [5, 5.41) is 255. The van der Waals surface area contributed by atoms with Gasteiger partial charge in [0, 0.05) is 1240 Å².